The fraction of sp³-hybridized carbons (Fsp3) is 0.0357. The fourth-order valence-electron chi connectivity index (χ4n) is 3.97. The summed E-state index contributed by atoms with van der Waals surface area (Å²) in [4.78, 5) is 14.6. The Hall–Kier alpha value is -4.01. The quantitative estimate of drug-likeness (QED) is 0.251. The van der Waals surface area contributed by atoms with Crippen LogP contribution in [0.2, 0.25) is 0 Å². The second kappa shape index (κ2) is 8.16. The van der Waals surface area contributed by atoms with Gasteiger partial charge in [-0.1, -0.05) is 76.3 Å². The molecule has 1 aliphatic carbocycles. The molecule has 0 saturated carbocycles. The van der Waals surface area contributed by atoms with Crippen LogP contribution in [-0.4, -0.2) is 15.0 Å². The summed E-state index contributed by atoms with van der Waals surface area (Å²) in [5.41, 5.74) is 4.37. The predicted octanol–water partition coefficient (Wildman–Crippen LogP) is 7.21. The van der Waals surface area contributed by atoms with Crippen molar-refractivity contribution in [3.8, 4) is 34.6 Å². The molecule has 4 nitrogen and oxygen atoms in total. The molecule has 0 unspecified atom stereocenters. The first-order valence-corrected chi connectivity index (χ1v) is 11.3. The van der Waals surface area contributed by atoms with Crippen LogP contribution in [0.4, 0.5) is 0 Å². The summed E-state index contributed by atoms with van der Waals surface area (Å²) in [6.07, 6.45) is 6.50. The van der Waals surface area contributed by atoms with Crippen LogP contribution >= 0.6 is 15.9 Å². The van der Waals surface area contributed by atoms with Crippen LogP contribution in [0.3, 0.4) is 0 Å². The lowest BCUT2D eigenvalue weighted by molar-refractivity contribution is 0.669. The summed E-state index contributed by atoms with van der Waals surface area (Å²) >= 11 is 3.59. The van der Waals surface area contributed by atoms with Crippen molar-refractivity contribution < 1.29 is 4.42 Å². The lowest BCUT2D eigenvalue weighted by atomic mass is 10.1. The molecule has 0 saturated heterocycles. The highest BCUT2D eigenvalue weighted by Gasteiger charge is 2.18. The minimum atomic E-state index is 0.603. The average Bonchev–Trinajstić information content (AvgIpc) is 3.02. The Morgan fingerprint density at radius 3 is 2.58 bits per heavy atom. The van der Waals surface area contributed by atoms with Crippen LogP contribution in [0.1, 0.15) is 12.2 Å². The molecule has 1 aliphatic rings. The van der Waals surface area contributed by atoms with Gasteiger partial charge in [-0.25, -0.2) is 15.0 Å². The summed E-state index contributed by atoms with van der Waals surface area (Å²) in [6.45, 7) is 0. The zero-order valence-corrected chi connectivity index (χ0v) is 19.0. The van der Waals surface area contributed by atoms with Gasteiger partial charge in [0.15, 0.2) is 17.5 Å². The number of allylic oxidation sites excluding steroid dienone is 4. The molecule has 2 aromatic heterocycles. The van der Waals surface area contributed by atoms with Gasteiger partial charge in [-0.2, -0.15) is 0 Å². The number of halogens is 1. The number of hydrogen-bond acceptors (Lipinski definition) is 4. The molecular weight excluding hydrogens is 474 g/mol. The SMILES string of the molecule is Brc1ccc2oc3cccc(-c4nc(C5=CCC#CC=C5)nc(-c5ccccc5)n4)c3c2c1. The summed E-state index contributed by atoms with van der Waals surface area (Å²) in [5.74, 6) is 7.95. The Morgan fingerprint density at radius 1 is 0.818 bits per heavy atom. The molecule has 0 N–H and O–H groups in total. The number of hydrogen-bond donors (Lipinski definition) is 0. The zero-order valence-electron chi connectivity index (χ0n) is 17.4. The van der Waals surface area contributed by atoms with Gasteiger partial charge in [0, 0.05) is 38.4 Å². The third-order valence-electron chi connectivity index (χ3n) is 5.50. The Kier molecular flexibility index (Phi) is 4.86. The smallest absolute Gasteiger partial charge is 0.164 e. The standard InChI is InChI=1S/C28H16BrN3O/c29-20-15-16-23-22(17-20)25-21(13-8-14-24(25)33-23)28-31-26(18-9-4-1-2-5-10-18)30-27(32-28)19-11-6-3-7-12-19/h3-4,6-17H,5H2. The van der Waals surface area contributed by atoms with Gasteiger partial charge in [-0.05, 0) is 36.4 Å². The van der Waals surface area contributed by atoms with E-state index >= 15 is 0 Å². The van der Waals surface area contributed by atoms with Gasteiger partial charge in [0.1, 0.15) is 11.2 Å². The normalized spacial score (nSPS) is 12.9. The Balaban J connectivity index is 1.63. The second-order valence-corrected chi connectivity index (χ2v) is 8.53. The highest BCUT2D eigenvalue weighted by Crippen LogP contribution is 2.37. The summed E-state index contributed by atoms with van der Waals surface area (Å²) in [5, 5.41) is 2.00. The van der Waals surface area contributed by atoms with Crippen molar-refractivity contribution in [2.45, 2.75) is 6.42 Å². The van der Waals surface area contributed by atoms with E-state index in [-0.39, 0.29) is 0 Å². The maximum atomic E-state index is 6.12. The third-order valence-corrected chi connectivity index (χ3v) is 5.99. The molecule has 33 heavy (non-hydrogen) atoms. The molecule has 2 heterocycles. The lowest BCUT2D eigenvalue weighted by Crippen LogP contribution is -2.02. The van der Waals surface area contributed by atoms with E-state index < -0.39 is 0 Å². The van der Waals surface area contributed by atoms with Gasteiger partial charge in [0.05, 0.1) is 0 Å². The summed E-state index contributed by atoms with van der Waals surface area (Å²) in [7, 11) is 0. The molecule has 6 rings (SSSR count). The molecule has 0 bridgehead atoms. The van der Waals surface area contributed by atoms with Gasteiger partial charge < -0.3 is 4.42 Å². The highest BCUT2D eigenvalue weighted by atomic mass is 79.9. The Labute approximate surface area is 198 Å². The van der Waals surface area contributed by atoms with Gasteiger partial charge in [0.25, 0.3) is 0 Å². The molecule has 156 valence electrons. The van der Waals surface area contributed by atoms with Gasteiger partial charge in [0.2, 0.25) is 0 Å². The molecule has 0 atom stereocenters. The minimum absolute atomic E-state index is 0.603. The predicted molar refractivity (Wildman–Crippen MR) is 135 cm³/mol. The molecule has 3 aromatic carbocycles. The van der Waals surface area contributed by atoms with Crippen molar-refractivity contribution in [2.75, 3.05) is 0 Å². The van der Waals surface area contributed by atoms with E-state index in [2.05, 4.69) is 39.9 Å². The first-order chi connectivity index (χ1) is 16.3. The number of nitrogens with zero attached hydrogens (tertiary/aromatic N) is 3. The van der Waals surface area contributed by atoms with Gasteiger partial charge in [-0.15, -0.1) is 0 Å². The topological polar surface area (TPSA) is 51.8 Å². The Bertz CT molecular complexity index is 1650. The van der Waals surface area contributed by atoms with Gasteiger partial charge >= 0.3 is 0 Å². The average molecular weight is 490 g/mol. The lowest BCUT2D eigenvalue weighted by Gasteiger charge is -2.09. The first-order valence-electron chi connectivity index (χ1n) is 10.5. The van der Waals surface area contributed by atoms with E-state index in [0.29, 0.717) is 23.9 Å². The van der Waals surface area contributed by atoms with Crippen molar-refractivity contribution >= 4 is 43.4 Å². The van der Waals surface area contributed by atoms with Crippen molar-refractivity contribution in [1.29, 1.82) is 0 Å². The molecule has 0 spiro atoms. The Morgan fingerprint density at radius 2 is 1.67 bits per heavy atom. The molecule has 5 aromatic rings. The number of aromatic nitrogens is 3. The largest absolute Gasteiger partial charge is 0.456 e. The van der Waals surface area contributed by atoms with Crippen molar-refractivity contribution in [3.05, 3.63) is 95.3 Å². The van der Waals surface area contributed by atoms with Crippen LogP contribution in [0, 0.1) is 11.8 Å². The maximum Gasteiger partial charge on any atom is 0.164 e. The van der Waals surface area contributed by atoms with Gasteiger partial charge in [-0.3, -0.25) is 0 Å². The first kappa shape index (κ1) is 19.7. The van der Waals surface area contributed by atoms with Crippen LogP contribution in [0.5, 0.6) is 0 Å². The van der Waals surface area contributed by atoms with E-state index in [1.807, 2.05) is 72.8 Å². The summed E-state index contributed by atoms with van der Waals surface area (Å²) in [6, 6.07) is 22.0. The van der Waals surface area contributed by atoms with E-state index in [9.17, 15) is 0 Å². The van der Waals surface area contributed by atoms with E-state index in [4.69, 9.17) is 19.4 Å². The molecule has 0 radical (unpaired) electrons. The van der Waals surface area contributed by atoms with Crippen molar-refractivity contribution in [2.24, 2.45) is 0 Å². The van der Waals surface area contributed by atoms with E-state index in [1.54, 1.807) is 0 Å². The number of fused-ring (bicyclic) bond motifs is 3. The fourth-order valence-corrected chi connectivity index (χ4v) is 4.33. The number of furan rings is 1. The number of rotatable bonds is 3. The van der Waals surface area contributed by atoms with Crippen LogP contribution in [-0.2, 0) is 0 Å². The monoisotopic (exact) mass is 489 g/mol. The second-order valence-electron chi connectivity index (χ2n) is 7.61. The molecule has 0 fully saturated rings. The molecule has 0 amide bonds. The van der Waals surface area contributed by atoms with Crippen molar-refractivity contribution in [3.63, 3.8) is 0 Å². The van der Waals surface area contributed by atoms with Crippen LogP contribution in [0.25, 0.3) is 50.3 Å². The number of benzene rings is 3. The van der Waals surface area contributed by atoms with Crippen molar-refractivity contribution in [1.82, 2.24) is 15.0 Å². The minimum Gasteiger partial charge on any atom is -0.456 e. The highest BCUT2D eigenvalue weighted by molar-refractivity contribution is 9.10. The molecular formula is C28H16BrN3O. The maximum absolute atomic E-state index is 6.12. The van der Waals surface area contributed by atoms with E-state index in [1.165, 1.54) is 0 Å². The third kappa shape index (κ3) is 3.65. The zero-order chi connectivity index (χ0) is 22.2. The summed E-state index contributed by atoms with van der Waals surface area (Å²) < 4.78 is 7.10. The molecule has 0 aliphatic heterocycles. The van der Waals surface area contributed by atoms with E-state index in [0.717, 1.165) is 43.1 Å². The van der Waals surface area contributed by atoms with Crippen LogP contribution < -0.4 is 0 Å². The molecule has 5 heteroatoms. The van der Waals surface area contributed by atoms with Crippen LogP contribution in [0.15, 0.2) is 93.8 Å².